The van der Waals surface area contributed by atoms with Gasteiger partial charge < -0.3 is 9.84 Å². The van der Waals surface area contributed by atoms with Gasteiger partial charge in [-0.15, -0.1) is 0 Å². The average molecular weight is 388 g/mol. The molecule has 0 aliphatic rings. The van der Waals surface area contributed by atoms with Gasteiger partial charge in [-0.3, -0.25) is 9.10 Å². The predicted octanol–water partition coefficient (Wildman–Crippen LogP) is 2.15. The summed E-state index contributed by atoms with van der Waals surface area (Å²) in [5.41, 5.74) is 0.386. The zero-order valence-electron chi connectivity index (χ0n) is 11.9. The van der Waals surface area contributed by atoms with Crippen molar-refractivity contribution in [2.45, 2.75) is 6.92 Å². The van der Waals surface area contributed by atoms with Crippen LogP contribution in [0, 0.1) is 6.92 Å². The van der Waals surface area contributed by atoms with E-state index in [1.165, 1.54) is 0 Å². The van der Waals surface area contributed by atoms with E-state index >= 15 is 0 Å². The minimum absolute atomic E-state index is 0.239. The largest absolute Gasteiger partial charge is 0.360 e. The Balaban J connectivity index is 2.21. The lowest BCUT2D eigenvalue weighted by Gasteiger charge is -2.22. The quantitative estimate of drug-likeness (QED) is 0.848. The van der Waals surface area contributed by atoms with Crippen molar-refractivity contribution >= 4 is 43.4 Å². The number of sulfonamides is 1. The van der Waals surface area contributed by atoms with E-state index in [-0.39, 0.29) is 12.4 Å². The van der Waals surface area contributed by atoms with Gasteiger partial charge in [-0.1, -0.05) is 17.3 Å². The van der Waals surface area contributed by atoms with Crippen LogP contribution in [-0.4, -0.2) is 32.3 Å². The maximum absolute atomic E-state index is 12.0. The number of halogens is 1. The van der Waals surface area contributed by atoms with E-state index in [4.69, 9.17) is 4.52 Å². The summed E-state index contributed by atoms with van der Waals surface area (Å²) < 4.78 is 30.4. The summed E-state index contributed by atoms with van der Waals surface area (Å²) in [7, 11) is -3.62. The lowest BCUT2D eigenvalue weighted by Crippen LogP contribution is -2.37. The molecule has 0 bridgehead atoms. The number of carbonyl (C=O) groups is 1. The number of amides is 1. The van der Waals surface area contributed by atoms with Gasteiger partial charge >= 0.3 is 0 Å². The Morgan fingerprint density at radius 3 is 2.64 bits per heavy atom. The molecule has 1 N–H and O–H groups in total. The Labute approximate surface area is 136 Å². The number of aryl methyl sites for hydroxylation is 1. The highest BCUT2D eigenvalue weighted by Crippen LogP contribution is 2.27. The van der Waals surface area contributed by atoms with Crippen molar-refractivity contribution in [3.05, 3.63) is 40.6 Å². The van der Waals surface area contributed by atoms with Gasteiger partial charge in [-0.25, -0.2) is 8.42 Å². The molecule has 2 rings (SSSR count). The second-order valence-electron chi connectivity index (χ2n) is 4.59. The number of aromatic nitrogens is 1. The lowest BCUT2D eigenvalue weighted by atomic mass is 10.3. The van der Waals surface area contributed by atoms with Crippen LogP contribution >= 0.6 is 15.9 Å². The summed E-state index contributed by atoms with van der Waals surface area (Å²) >= 11 is 3.28. The predicted molar refractivity (Wildman–Crippen MR) is 86.2 cm³/mol. The van der Waals surface area contributed by atoms with Gasteiger partial charge in [0.1, 0.15) is 12.3 Å². The molecule has 0 aliphatic heterocycles. The first kappa shape index (κ1) is 16.5. The van der Waals surface area contributed by atoms with Gasteiger partial charge in [-0.05, 0) is 35.0 Å². The maximum Gasteiger partial charge on any atom is 0.246 e. The molecule has 0 atom stereocenters. The molecule has 1 amide bonds. The van der Waals surface area contributed by atoms with Crippen molar-refractivity contribution in [1.82, 2.24) is 5.16 Å². The van der Waals surface area contributed by atoms with Gasteiger partial charge in [0.15, 0.2) is 5.82 Å². The van der Waals surface area contributed by atoms with Crippen LogP contribution in [0.4, 0.5) is 11.5 Å². The molecule has 0 unspecified atom stereocenters. The van der Waals surface area contributed by atoms with Gasteiger partial charge in [0.2, 0.25) is 15.9 Å². The number of hydrogen-bond donors (Lipinski definition) is 1. The van der Waals surface area contributed by atoms with Crippen LogP contribution in [0.2, 0.25) is 0 Å². The molecule has 0 fully saturated rings. The molecule has 0 spiro atoms. The first-order valence-corrected chi connectivity index (χ1v) is 8.87. The minimum atomic E-state index is -3.62. The fourth-order valence-electron chi connectivity index (χ4n) is 1.77. The minimum Gasteiger partial charge on any atom is -0.360 e. The smallest absolute Gasteiger partial charge is 0.246 e. The fraction of sp³-hybridized carbons (Fsp3) is 0.231. The fourth-order valence-corrected chi connectivity index (χ4v) is 3.26. The van der Waals surface area contributed by atoms with Gasteiger partial charge in [0, 0.05) is 10.5 Å². The van der Waals surface area contributed by atoms with Crippen molar-refractivity contribution in [3.8, 4) is 0 Å². The van der Waals surface area contributed by atoms with Crippen molar-refractivity contribution in [3.63, 3.8) is 0 Å². The van der Waals surface area contributed by atoms with E-state index in [1.807, 2.05) is 0 Å². The zero-order valence-corrected chi connectivity index (χ0v) is 14.3. The summed E-state index contributed by atoms with van der Waals surface area (Å²) in [6.07, 6.45) is 1.04. The Hall–Kier alpha value is -1.87. The molecular weight excluding hydrogens is 374 g/mol. The molecular formula is C13H14BrN3O4S. The van der Waals surface area contributed by atoms with Crippen molar-refractivity contribution < 1.29 is 17.7 Å². The third-order valence-corrected chi connectivity index (χ3v) is 4.50. The van der Waals surface area contributed by atoms with Crippen molar-refractivity contribution in [2.24, 2.45) is 0 Å². The first-order valence-electron chi connectivity index (χ1n) is 6.23. The number of benzene rings is 1. The summed E-state index contributed by atoms with van der Waals surface area (Å²) in [4.78, 5) is 12.0. The number of nitrogens with one attached hydrogen (secondary N) is 1. The number of nitrogens with zero attached hydrogens (tertiary/aromatic N) is 2. The second kappa shape index (κ2) is 6.49. The topological polar surface area (TPSA) is 92.5 Å². The molecule has 1 aromatic carbocycles. The number of rotatable bonds is 5. The molecule has 0 saturated heterocycles. The molecule has 0 saturated carbocycles. The molecule has 0 radical (unpaired) electrons. The van der Waals surface area contributed by atoms with E-state index in [0.29, 0.717) is 15.9 Å². The number of anilines is 2. The lowest BCUT2D eigenvalue weighted by molar-refractivity contribution is -0.114. The number of carbonyl (C=O) groups excluding carboxylic acids is 1. The normalized spacial score (nSPS) is 11.2. The van der Waals surface area contributed by atoms with E-state index in [1.54, 1.807) is 37.3 Å². The zero-order chi connectivity index (χ0) is 16.3. The third kappa shape index (κ3) is 4.08. The highest BCUT2D eigenvalue weighted by molar-refractivity contribution is 9.10. The van der Waals surface area contributed by atoms with Gasteiger partial charge in [0.25, 0.3) is 0 Å². The molecule has 22 heavy (non-hydrogen) atoms. The Morgan fingerprint density at radius 2 is 2.09 bits per heavy atom. The van der Waals surface area contributed by atoms with Crippen LogP contribution in [0.1, 0.15) is 5.76 Å². The molecule has 1 aromatic heterocycles. The molecule has 9 heteroatoms. The van der Waals surface area contributed by atoms with Crippen LogP contribution in [0.15, 0.2) is 39.3 Å². The SMILES string of the molecule is Cc1cc(NC(=O)CN(c2ccccc2Br)S(C)(=O)=O)no1. The van der Waals surface area contributed by atoms with E-state index in [9.17, 15) is 13.2 Å². The first-order chi connectivity index (χ1) is 10.3. The van der Waals surface area contributed by atoms with E-state index in [2.05, 4.69) is 26.4 Å². The van der Waals surface area contributed by atoms with Crippen molar-refractivity contribution in [2.75, 3.05) is 22.4 Å². The number of hydrogen-bond acceptors (Lipinski definition) is 5. The van der Waals surface area contributed by atoms with Gasteiger partial charge in [-0.2, -0.15) is 0 Å². The van der Waals surface area contributed by atoms with Crippen LogP contribution in [0.5, 0.6) is 0 Å². The Morgan fingerprint density at radius 1 is 1.41 bits per heavy atom. The van der Waals surface area contributed by atoms with Gasteiger partial charge in [0.05, 0.1) is 11.9 Å². The monoisotopic (exact) mass is 387 g/mol. The van der Waals surface area contributed by atoms with Crippen LogP contribution < -0.4 is 9.62 Å². The average Bonchev–Trinajstić information content (AvgIpc) is 2.81. The molecule has 118 valence electrons. The van der Waals surface area contributed by atoms with E-state index in [0.717, 1.165) is 10.6 Å². The van der Waals surface area contributed by atoms with Crippen LogP contribution in [0.3, 0.4) is 0 Å². The second-order valence-corrected chi connectivity index (χ2v) is 7.35. The molecule has 7 nitrogen and oxygen atoms in total. The maximum atomic E-state index is 12.0. The molecule has 0 aliphatic carbocycles. The summed E-state index contributed by atoms with van der Waals surface area (Å²) in [6.45, 7) is 1.32. The van der Waals surface area contributed by atoms with Crippen LogP contribution in [-0.2, 0) is 14.8 Å². The Kier molecular flexibility index (Phi) is 4.87. The van der Waals surface area contributed by atoms with Crippen LogP contribution in [0.25, 0.3) is 0 Å². The summed E-state index contributed by atoms with van der Waals surface area (Å²) in [6, 6.07) is 8.30. The van der Waals surface area contributed by atoms with E-state index < -0.39 is 15.9 Å². The molecule has 1 heterocycles. The standard InChI is InChI=1S/C13H14BrN3O4S/c1-9-7-12(16-21-9)15-13(18)8-17(22(2,19)20)11-6-4-3-5-10(11)14/h3-7H,8H2,1-2H3,(H,15,16,18). The summed E-state index contributed by atoms with van der Waals surface area (Å²) in [5, 5.41) is 6.12. The molecule has 2 aromatic rings. The highest BCUT2D eigenvalue weighted by atomic mass is 79.9. The summed E-state index contributed by atoms with van der Waals surface area (Å²) in [5.74, 6) is 0.263. The number of para-hydroxylation sites is 1. The van der Waals surface area contributed by atoms with Crippen molar-refractivity contribution in [1.29, 1.82) is 0 Å². The third-order valence-electron chi connectivity index (χ3n) is 2.70. The highest BCUT2D eigenvalue weighted by Gasteiger charge is 2.23. The Bertz CT molecular complexity index is 788.